The number of halogens is 2. The topological polar surface area (TPSA) is 140 Å². The van der Waals surface area contributed by atoms with Gasteiger partial charge in [-0.05, 0) is 47.4 Å². The maximum Gasteiger partial charge on any atom is 0.254 e. The average molecular weight is 553 g/mol. The van der Waals surface area contributed by atoms with Crippen LogP contribution in [-0.4, -0.2) is 54.8 Å². The molecule has 0 aliphatic carbocycles. The lowest BCUT2D eigenvalue weighted by atomic mass is 9.98. The van der Waals surface area contributed by atoms with Gasteiger partial charge in [0.1, 0.15) is 0 Å². The van der Waals surface area contributed by atoms with Crippen LogP contribution in [0.1, 0.15) is 26.3 Å². The fraction of sp³-hybridized carbons (Fsp3) is 0.185. The summed E-state index contributed by atoms with van der Waals surface area (Å²) in [6.07, 6.45) is 0.606. The molecule has 1 aliphatic rings. The number of nitrogens with zero attached hydrogens (tertiary/aromatic N) is 1. The van der Waals surface area contributed by atoms with Crippen LogP contribution in [-0.2, 0) is 11.2 Å². The molecule has 0 saturated carbocycles. The molecule has 3 aromatic rings. The lowest BCUT2D eigenvalue weighted by Crippen LogP contribution is -2.45. The first kappa shape index (κ1) is 27.0. The Morgan fingerprint density at radius 1 is 0.947 bits per heavy atom. The maximum absolute atomic E-state index is 12.9. The zero-order valence-electron chi connectivity index (χ0n) is 20.3. The molecule has 1 heterocycles. The van der Waals surface area contributed by atoms with Crippen molar-refractivity contribution in [2.24, 2.45) is 5.73 Å². The van der Waals surface area contributed by atoms with Crippen LogP contribution in [0.4, 0.5) is 5.69 Å². The van der Waals surface area contributed by atoms with Crippen LogP contribution < -0.4 is 21.7 Å². The Hall–Kier alpha value is -4.08. The number of hydrogen-bond donors (Lipinski definition) is 5. The van der Waals surface area contributed by atoms with E-state index in [1.54, 1.807) is 24.3 Å². The van der Waals surface area contributed by atoms with Crippen molar-refractivity contribution in [3.63, 3.8) is 0 Å². The first-order valence-electron chi connectivity index (χ1n) is 11.9. The van der Waals surface area contributed by atoms with Gasteiger partial charge in [0.05, 0.1) is 22.2 Å². The van der Waals surface area contributed by atoms with Crippen molar-refractivity contribution in [2.75, 3.05) is 31.5 Å². The lowest BCUT2D eigenvalue weighted by molar-refractivity contribution is -0.121. The first-order valence-corrected chi connectivity index (χ1v) is 12.6. The third-order valence-electron chi connectivity index (χ3n) is 6.00. The Labute approximate surface area is 229 Å². The number of amides is 3. The molecule has 0 unspecified atom stereocenters. The minimum atomic E-state index is -0.452. The monoisotopic (exact) mass is 552 g/mol. The van der Waals surface area contributed by atoms with E-state index in [-0.39, 0.29) is 53.0 Å². The van der Waals surface area contributed by atoms with E-state index >= 15 is 0 Å². The standard InChI is InChI=1S/C27H26Cl2N6O3/c28-21-12-18(16-4-2-1-3-5-16)13-22(29)24(21)25(37)33-10-9-32-23(36)15-35-11-8-17-6-7-19(34-27(30)31)14-20(17)26(35)38/h1-7,12-14H,8-11,15H2,(H,32,36)(H,33,37)(H4,30,31,34). The van der Waals surface area contributed by atoms with E-state index in [1.807, 2.05) is 36.4 Å². The molecule has 9 nitrogen and oxygen atoms in total. The summed E-state index contributed by atoms with van der Waals surface area (Å²) >= 11 is 12.7. The smallest absolute Gasteiger partial charge is 0.254 e. The van der Waals surface area contributed by atoms with Crippen molar-refractivity contribution >= 4 is 52.6 Å². The molecular weight excluding hydrogens is 527 g/mol. The molecule has 6 N–H and O–H groups in total. The molecule has 3 aromatic carbocycles. The summed E-state index contributed by atoms with van der Waals surface area (Å²) in [6.45, 7) is 0.600. The highest BCUT2D eigenvalue weighted by Crippen LogP contribution is 2.31. The third-order valence-corrected chi connectivity index (χ3v) is 6.60. The number of carbonyl (C=O) groups is 3. The number of guanidine groups is 1. The highest BCUT2D eigenvalue weighted by atomic mass is 35.5. The molecule has 0 aromatic heterocycles. The largest absolute Gasteiger partial charge is 0.370 e. The second-order valence-electron chi connectivity index (χ2n) is 8.67. The second kappa shape index (κ2) is 12.0. The molecule has 38 heavy (non-hydrogen) atoms. The molecule has 0 saturated heterocycles. The summed E-state index contributed by atoms with van der Waals surface area (Å²) < 4.78 is 0. The van der Waals surface area contributed by atoms with E-state index in [0.29, 0.717) is 24.2 Å². The van der Waals surface area contributed by atoms with Crippen LogP contribution in [0.3, 0.4) is 0 Å². The van der Waals surface area contributed by atoms with Gasteiger partial charge >= 0.3 is 0 Å². The summed E-state index contributed by atoms with van der Waals surface area (Å²) in [4.78, 5) is 39.5. The number of fused-ring (bicyclic) bond motifs is 1. The van der Waals surface area contributed by atoms with Gasteiger partial charge in [0, 0.05) is 30.9 Å². The van der Waals surface area contributed by atoms with Gasteiger partial charge in [0.15, 0.2) is 5.96 Å². The molecule has 4 rings (SSSR count). The fourth-order valence-corrected chi connectivity index (χ4v) is 4.85. The van der Waals surface area contributed by atoms with Gasteiger partial charge in [-0.1, -0.05) is 59.6 Å². The summed E-state index contributed by atoms with van der Waals surface area (Å²) in [7, 11) is 0. The summed E-state index contributed by atoms with van der Waals surface area (Å²) in [5.74, 6) is -1.31. The van der Waals surface area contributed by atoms with Crippen molar-refractivity contribution in [2.45, 2.75) is 6.42 Å². The highest BCUT2D eigenvalue weighted by molar-refractivity contribution is 6.40. The number of anilines is 1. The molecule has 0 fully saturated rings. The van der Waals surface area contributed by atoms with Gasteiger partial charge in [0.2, 0.25) is 5.91 Å². The fourth-order valence-electron chi connectivity index (χ4n) is 4.19. The van der Waals surface area contributed by atoms with Crippen molar-refractivity contribution in [3.05, 3.63) is 87.4 Å². The van der Waals surface area contributed by atoms with Crippen LogP contribution in [0.25, 0.3) is 11.1 Å². The molecule has 1 aliphatic heterocycles. The van der Waals surface area contributed by atoms with E-state index in [4.69, 9.17) is 34.3 Å². The molecule has 196 valence electrons. The minimum absolute atomic E-state index is 0.116. The normalized spacial score (nSPS) is 12.5. The van der Waals surface area contributed by atoms with Crippen molar-refractivity contribution < 1.29 is 14.4 Å². The number of carbonyl (C=O) groups excluding carboxylic acids is 3. The van der Waals surface area contributed by atoms with Crippen LogP contribution in [0.2, 0.25) is 10.0 Å². The van der Waals surface area contributed by atoms with Crippen molar-refractivity contribution in [3.8, 4) is 11.1 Å². The zero-order valence-corrected chi connectivity index (χ0v) is 21.8. The Kier molecular flexibility index (Phi) is 8.50. The van der Waals surface area contributed by atoms with Gasteiger partial charge in [-0.15, -0.1) is 0 Å². The quantitative estimate of drug-likeness (QED) is 0.165. The van der Waals surface area contributed by atoms with Crippen LogP contribution in [0, 0.1) is 5.41 Å². The molecule has 0 spiro atoms. The van der Waals surface area contributed by atoms with E-state index < -0.39 is 5.91 Å². The average Bonchev–Trinajstić information content (AvgIpc) is 2.88. The Balaban J connectivity index is 1.27. The third kappa shape index (κ3) is 6.42. The summed E-state index contributed by atoms with van der Waals surface area (Å²) in [5, 5.41) is 15.9. The summed E-state index contributed by atoms with van der Waals surface area (Å²) in [5.41, 5.74) is 9.12. The van der Waals surface area contributed by atoms with Crippen LogP contribution >= 0.6 is 23.2 Å². The Bertz CT molecular complexity index is 1370. The lowest BCUT2D eigenvalue weighted by Gasteiger charge is -2.28. The van der Waals surface area contributed by atoms with Gasteiger partial charge in [-0.3, -0.25) is 19.8 Å². The number of rotatable bonds is 8. The van der Waals surface area contributed by atoms with Crippen LogP contribution in [0.5, 0.6) is 0 Å². The molecule has 0 atom stereocenters. The molecular formula is C27H26Cl2N6O3. The maximum atomic E-state index is 12.9. The first-order chi connectivity index (χ1) is 18.2. The second-order valence-corrected chi connectivity index (χ2v) is 9.49. The molecule has 0 radical (unpaired) electrons. The predicted molar refractivity (Wildman–Crippen MR) is 149 cm³/mol. The van der Waals surface area contributed by atoms with Crippen LogP contribution in [0.15, 0.2) is 60.7 Å². The van der Waals surface area contributed by atoms with Gasteiger partial charge in [-0.2, -0.15) is 0 Å². The molecule has 0 bridgehead atoms. The Morgan fingerprint density at radius 2 is 1.63 bits per heavy atom. The van der Waals surface area contributed by atoms with E-state index in [0.717, 1.165) is 16.7 Å². The molecule has 11 heteroatoms. The highest BCUT2D eigenvalue weighted by Gasteiger charge is 2.26. The van der Waals surface area contributed by atoms with Gasteiger partial charge in [0.25, 0.3) is 11.8 Å². The van der Waals surface area contributed by atoms with E-state index in [1.165, 1.54) is 4.90 Å². The number of nitrogens with two attached hydrogens (primary N) is 1. The van der Waals surface area contributed by atoms with Gasteiger partial charge in [-0.25, -0.2) is 0 Å². The van der Waals surface area contributed by atoms with Crippen molar-refractivity contribution in [1.82, 2.24) is 15.5 Å². The van der Waals surface area contributed by atoms with Gasteiger partial charge < -0.3 is 26.6 Å². The zero-order chi connectivity index (χ0) is 27.2. The van der Waals surface area contributed by atoms with E-state index in [9.17, 15) is 14.4 Å². The predicted octanol–water partition coefficient (Wildman–Crippen LogP) is 3.51. The summed E-state index contributed by atoms with van der Waals surface area (Å²) in [6, 6.07) is 18.1. The minimum Gasteiger partial charge on any atom is -0.370 e. The van der Waals surface area contributed by atoms with Crippen molar-refractivity contribution in [1.29, 1.82) is 5.41 Å². The Morgan fingerprint density at radius 3 is 2.32 bits per heavy atom. The number of benzene rings is 3. The van der Waals surface area contributed by atoms with E-state index in [2.05, 4.69) is 16.0 Å². The molecule has 3 amide bonds. The number of nitrogens with one attached hydrogen (secondary N) is 4. The number of hydrogen-bond acceptors (Lipinski definition) is 4. The SMILES string of the molecule is N=C(N)Nc1ccc2c(c1)C(=O)N(CC(=O)NCCNC(=O)c1c(Cl)cc(-c3ccccc3)cc1Cl)CC2.